The molecule has 0 radical (unpaired) electrons. The number of nitrogens with zero attached hydrogens (tertiary/aromatic N) is 3. The molecule has 0 spiro atoms. The number of aryl methyl sites for hydroxylation is 1. The molecule has 0 amide bonds. The molecule has 0 bridgehead atoms. The molecule has 17 heavy (non-hydrogen) atoms. The van der Waals surface area contributed by atoms with Gasteiger partial charge in [0.05, 0.1) is 17.9 Å². The van der Waals surface area contributed by atoms with Gasteiger partial charge in [-0.1, -0.05) is 22.9 Å². The highest BCUT2D eigenvalue weighted by molar-refractivity contribution is 6.30. The van der Waals surface area contributed by atoms with Crippen molar-refractivity contribution in [2.24, 2.45) is 7.05 Å². The Hall–Kier alpha value is -1.46. The summed E-state index contributed by atoms with van der Waals surface area (Å²) >= 11 is 5.73. The van der Waals surface area contributed by atoms with Gasteiger partial charge in [-0.3, -0.25) is 4.68 Å². The standard InChI is InChI=1S/C11H12ClFN4/c1-14-11(10-6-15-16-17(10)2)8-4-3-7(12)5-9(8)13/h3-6,11,14H,1-2H3. The maximum absolute atomic E-state index is 13.8. The Kier molecular flexibility index (Phi) is 3.40. The van der Waals surface area contributed by atoms with Gasteiger partial charge in [0, 0.05) is 17.6 Å². The second kappa shape index (κ2) is 4.81. The fourth-order valence-corrected chi connectivity index (χ4v) is 1.92. The molecule has 0 fully saturated rings. The van der Waals surface area contributed by atoms with Crippen LogP contribution in [0, 0.1) is 5.82 Å². The summed E-state index contributed by atoms with van der Waals surface area (Å²) < 4.78 is 15.4. The van der Waals surface area contributed by atoms with Crippen LogP contribution in [0.3, 0.4) is 0 Å². The summed E-state index contributed by atoms with van der Waals surface area (Å²) in [6.45, 7) is 0. The van der Waals surface area contributed by atoms with Crippen LogP contribution >= 0.6 is 11.6 Å². The van der Waals surface area contributed by atoms with Crippen LogP contribution < -0.4 is 5.32 Å². The zero-order valence-electron chi connectivity index (χ0n) is 9.48. The van der Waals surface area contributed by atoms with Crippen molar-refractivity contribution in [1.82, 2.24) is 20.3 Å². The third kappa shape index (κ3) is 2.30. The quantitative estimate of drug-likeness (QED) is 0.910. The Bertz CT molecular complexity index is 526. The number of aromatic nitrogens is 3. The lowest BCUT2D eigenvalue weighted by molar-refractivity contribution is 0.549. The molecule has 0 aliphatic carbocycles. The molecule has 6 heteroatoms. The van der Waals surface area contributed by atoms with E-state index in [0.717, 1.165) is 5.69 Å². The van der Waals surface area contributed by atoms with Gasteiger partial charge >= 0.3 is 0 Å². The van der Waals surface area contributed by atoms with Crippen LogP contribution in [0.15, 0.2) is 24.4 Å². The van der Waals surface area contributed by atoms with E-state index in [2.05, 4.69) is 15.6 Å². The molecule has 0 saturated carbocycles. The smallest absolute Gasteiger partial charge is 0.129 e. The predicted octanol–water partition coefficient (Wildman–Crippen LogP) is 1.92. The second-order valence-electron chi connectivity index (χ2n) is 3.67. The van der Waals surface area contributed by atoms with E-state index in [1.54, 1.807) is 37.1 Å². The van der Waals surface area contributed by atoms with E-state index >= 15 is 0 Å². The molecule has 4 nitrogen and oxygen atoms in total. The largest absolute Gasteiger partial charge is 0.308 e. The SMILES string of the molecule is CNC(c1ccc(Cl)cc1F)c1cnnn1C. The highest BCUT2D eigenvalue weighted by Crippen LogP contribution is 2.25. The molecule has 1 N–H and O–H groups in total. The lowest BCUT2D eigenvalue weighted by Gasteiger charge is -2.17. The molecular formula is C11H12ClFN4. The molecular weight excluding hydrogens is 243 g/mol. The third-order valence-electron chi connectivity index (χ3n) is 2.61. The normalized spacial score (nSPS) is 12.7. The summed E-state index contributed by atoms with van der Waals surface area (Å²) in [4.78, 5) is 0. The van der Waals surface area contributed by atoms with E-state index in [9.17, 15) is 4.39 Å². The van der Waals surface area contributed by atoms with E-state index in [1.807, 2.05) is 0 Å². The Balaban J connectivity index is 2.46. The van der Waals surface area contributed by atoms with Gasteiger partial charge in [0.2, 0.25) is 0 Å². The minimum atomic E-state index is -0.349. The van der Waals surface area contributed by atoms with Crippen molar-refractivity contribution in [3.8, 4) is 0 Å². The second-order valence-corrected chi connectivity index (χ2v) is 4.11. The lowest BCUT2D eigenvalue weighted by atomic mass is 10.0. The monoisotopic (exact) mass is 254 g/mol. The molecule has 1 unspecified atom stereocenters. The Morgan fingerprint density at radius 2 is 2.24 bits per heavy atom. The number of benzene rings is 1. The van der Waals surface area contributed by atoms with Gasteiger partial charge < -0.3 is 5.32 Å². The number of halogens is 2. The minimum absolute atomic E-state index is 0.299. The molecule has 0 saturated heterocycles. The van der Waals surface area contributed by atoms with E-state index in [-0.39, 0.29) is 11.9 Å². The number of hydrogen-bond acceptors (Lipinski definition) is 3. The summed E-state index contributed by atoms with van der Waals surface area (Å²) in [5, 5.41) is 11.0. The molecule has 1 aromatic carbocycles. The molecule has 2 aromatic rings. The van der Waals surface area contributed by atoms with E-state index in [1.165, 1.54) is 6.07 Å². The molecule has 1 atom stereocenters. The molecule has 1 aromatic heterocycles. The van der Waals surface area contributed by atoms with Crippen molar-refractivity contribution < 1.29 is 4.39 Å². The van der Waals surface area contributed by atoms with Crippen molar-refractivity contribution in [2.45, 2.75) is 6.04 Å². The van der Waals surface area contributed by atoms with Crippen LogP contribution in [-0.2, 0) is 7.05 Å². The van der Waals surface area contributed by atoms with Gasteiger partial charge in [-0.15, -0.1) is 5.10 Å². The fraction of sp³-hybridized carbons (Fsp3) is 0.273. The first-order chi connectivity index (χ1) is 8.13. The summed E-state index contributed by atoms with van der Waals surface area (Å²) in [7, 11) is 3.52. The molecule has 1 heterocycles. The lowest BCUT2D eigenvalue weighted by Crippen LogP contribution is -2.21. The van der Waals surface area contributed by atoms with Crippen molar-refractivity contribution in [1.29, 1.82) is 0 Å². The van der Waals surface area contributed by atoms with Crippen LogP contribution in [0.4, 0.5) is 4.39 Å². The molecule has 2 rings (SSSR count). The first kappa shape index (κ1) is 12.0. The number of rotatable bonds is 3. The van der Waals surface area contributed by atoms with Crippen LogP contribution in [0.25, 0.3) is 0 Å². The van der Waals surface area contributed by atoms with E-state index in [4.69, 9.17) is 11.6 Å². The average molecular weight is 255 g/mol. The average Bonchev–Trinajstić information content (AvgIpc) is 2.69. The Morgan fingerprint density at radius 3 is 2.76 bits per heavy atom. The van der Waals surface area contributed by atoms with Gasteiger partial charge in [-0.05, 0) is 19.2 Å². The molecule has 90 valence electrons. The Labute approximate surface area is 103 Å². The van der Waals surface area contributed by atoms with Gasteiger partial charge in [0.1, 0.15) is 5.82 Å². The summed E-state index contributed by atoms with van der Waals surface area (Å²) in [6.07, 6.45) is 1.61. The van der Waals surface area contributed by atoms with Gasteiger partial charge in [0.15, 0.2) is 0 Å². The van der Waals surface area contributed by atoms with Crippen molar-refractivity contribution in [2.75, 3.05) is 7.05 Å². The molecule has 0 aliphatic heterocycles. The maximum atomic E-state index is 13.8. The third-order valence-corrected chi connectivity index (χ3v) is 2.84. The minimum Gasteiger partial charge on any atom is -0.308 e. The van der Waals surface area contributed by atoms with Gasteiger partial charge in [-0.25, -0.2) is 4.39 Å². The van der Waals surface area contributed by atoms with Gasteiger partial charge in [0.25, 0.3) is 0 Å². The van der Waals surface area contributed by atoms with Crippen molar-refractivity contribution in [3.05, 3.63) is 46.5 Å². The zero-order valence-corrected chi connectivity index (χ0v) is 10.2. The summed E-state index contributed by atoms with van der Waals surface area (Å²) in [5.74, 6) is -0.349. The maximum Gasteiger partial charge on any atom is 0.129 e. The first-order valence-electron chi connectivity index (χ1n) is 5.10. The fourth-order valence-electron chi connectivity index (χ4n) is 1.76. The number of hydrogen-bond donors (Lipinski definition) is 1. The number of nitrogens with one attached hydrogen (secondary N) is 1. The van der Waals surface area contributed by atoms with Crippen LogP contribution in [0.1, 0.15) is 17.3 Å². The summed E-state index contributed by atoms with van der Waals surface area (Å²) in [6, 6.07) is 4.32. The van der Waals surface area contributed by atoms with Crippen LogP contribution in [0.5, 0.6) is 0 Å². The molecule has 0 aliphatic rings. The zero-order chi connectivity index (χ0) is 12.4. The Morgan fingerprint density at radius 1 is 1.47 bits per heavy atom. The highest BCUT2D eigenvalue weighted by atomic mass is 35.5. The van der Waals surface area contributed by atoms with Crippen LogP contribution in [-0.4, -0.2) is 22.0 Å². The predicted molar refractivity (Wildman–Crippen MR) is 63.3 cm³/mol. The van der Waals surface area contributed by atoms with Crippen molar-refractivity contribution >= 4 is 11.6 Å². The van der Waals surface area contributed by atoms with Crippen LogP contribution in [0.2, 0.25) is 5.02 Å². The highest BCUT2D eigenvalue weighted by Gasteiger charge is 2.19. The topological polar surface area (TPSA) is 42.7 Å². The first-order valence-corrected chi connectivity index (χ1v) is 5.48. The van der Waals surface area contributed by atoms with E-state index < -0.39 is 0 Å². The van der Waals surface area contributed by atoms with Gasteiger partial charge in [-0.2, -0.15) is 0 Å². The summed E-state index contributed by atoms with van der Waals surface area (Å²) in [5.41, 5.74) is 1.30. The van der Waals surface area contributed by atoms with Crippen molar-refractivity contribution in [3.63, 3.8) is 0 Å². The van der Waals surface area contributed by atoms with E-state index in [0.29, 0.717) is 10.6 Å².